The molecule has 0 unspecified atom stereocenters. The predicted octanol–water partition coefficient (Wildman–Crippen LogP) is 5.48. The SMILES string of the molecule is CC(C)(C)c1ccc(OCCn2cc(C=C3C(=O)NN(c4ccccc4)C3=O)c3ccccc32)cc1. The molecule has 5 rings (SSSR count). The van der Waals surface area contributed by atoms with Crippen molar-refractivity contribution in [1.29, 1.82) is 0 Å². The summed E-state index contributed by atoms with van der Waals surface area (Å²) in [7, 11) is 0. The third kappa shape index (κ3) is 4.62. The van der Waals surface area contributed by atoms with E-state index < -0.39 is 5.91 Å². The zero-order valence-corrected chi connectivity index (χ0v) is 20.7. The Morgan fingerprint density at radius 2 is 1.58 bits per heavy atom. The van der Waals surface area contributed by atoms with Crippen LogP contribution >= 0.6 is 0 Å². The molecule has 36 heavy (non-hydrogen) atoms. The molecule has 4 aromatic rings. The average Bonchev–Trinajstić information content (AvgIpc) is 3.37. The van der Waals surface area contributed by atoms with Crippen molar-refractivity contribution in [2.75, 3.05) is 11.6 Å². The van der Waals surface area contributed by atoms with Crippen molar-refractivity contribution in [2.24, 2.45) is 0 Å². The van der Waals surface area contributed by atoms with Crippen molar-refractivity contribution >= 4 is 34.5 Å². The Hall–Kier alpha value is -4.32. The van der Waals surface area contributed by atoms with E-state index in [0.29, 0.717) is 18.8 Å². The van der Waals surface area contributed by atoms with E-state index in [1.165, 1.54) is 10.6 Å². The van der Waals surface area contributed by atoms with Gasteiger partial charge < -0.3 is 9.30 Å². The highest BCUT2D eigenvalue weighted by atomic mass is 16.5. The van der Waals surface area contributed by atoms with Gasteiger partial charge in [0.05, 0.1) is 12.2 Å². The maximum atomic E-state index is 13.0. The minimum atomic E-state index is -0.414. The Morgan fingerprint density at radius 1 is 0.889 bits per heavy atom. The van der Waals surface area contributed by atoms with Crippen LogP contribution in [0.3, 0.4) is 0 Å². The van der Waals surface area contributed by atoms with Gasteiger partial charge >= 0.3 is 0 Å². The summed E-state index contributed by atoms with van der Waals surface area (Å²) in [6.07, 6.45) is 3.64. The molecule has 2 heterocycles. The van der Waals surface area contributed by atoms with Crippen LogP contribution in [-0.4, -0.2) is 23.0 Å². The topological polar surface area (TPSA) is 63.6 Å². The zero-order valence-electron chi connectivity index (χ0n) is 20.7. The van der Waals surface area contributed by atoms with Crippen LogP contribution in [0.2, 0.25) is 0 Å². The van der Waals surface area contributed by atoms with Gasteiger partial charge in [-0.3, -0.25) is 15.0 Å². The molecule has 0 aliphatic carbocycles. The monoisotopic (exact) mass is 479 g/mol. The lowest BCUT2D eigenvalue weighted by Crippen LogP contribution is -2.35. The van der Waals surface area contributed by atoms with E-state index in [1.807, 2.05) is 60.8 Å². The van der Waals surface area contributed by atoms with Crippen LogP contribution in [0.25, 0.3) is 17.0 Å². The second kappa shape index (κ2) is 9.38. The van der Waals surface area contributed by atoms with E-state index in [9.17, 15) is 9.59 Å². The lowest BCUT2D eigenvalue weighted by atomic mass is 9.87. The number of nitrogens with one attached hydrogen (secondary N) is 1. The number of carbonyl (C=O) groups excluding carboxylic acids is 2. The van der Waals surface area contributed by atoms with Crippen LogP contribution in [0, 0.1) is 0 Å². The summed E-state index contributed by atoms with van der Waals surface area (Å²) in [6.45, 7) is 7.68. The summed E-state index contributed by atoms with van der Waals surface area (Å²) in [4.78, 5) is 25.7. The summed E-state index contributed by atoms with van der Waals surface area (Å²) < 4.78 is 8.10. The van der Waals surface area contributed by atoms with E-state index in [0.717, 1.165) is 22.2 Å². The maximum Gasteiger partial charge on any atom is 0.282 e. The van der Waals surface area contributed by atoms with E-state index in [4.69, 9.17) is 4.74 Å². The van der Waals surface area contributed by atoms with E-state index in [-0.39, 0.29) is 16.9 Å². The third-order valence-corrected chi connectivity index (χ3v) is 6.35. The number of rotatable bonds is 6. The molecule has 1 aliphatic heterocycles. The largest absolute Gasteiger partial charge is 0.492 e. The van der Waals surface area contributed by atoms with Gasteiger partial charge in [0.15, 0.2) is 0 Å². The standard InChI is InChI=1S/C30H29N3O3/c1-30(2,3)22-13-15-24(16-14-22)36-18-17-32-20-21(25-11-7-8-12-27(25)32)19-26-28(34)31-33(29(26)35)23-9-5-4-6-10-23/h4-16,19-20H,17-18H2,1-3H3,(H,31,34). The first-order chi connectivity index (χ1) is 17.3. The van der Waals surface area contributed by atoms with Gasteiger partial charge in [-0.25, -0.2) is 5.01 Å². The number of carbonyl (C=O) groups is 2. The number of para-hydroxylation sites is 2. The van der Waals surface area contributed by atoms with Gasteiger partial charge in [0.25, 0.3) is 11.8 Å². The molecule has 0 bridgehead atoms. The Balaban J connectivity index is 1.36. The molecule has 182 valence electrons. The molecular formula is C30H29N3O3. The summed E-state index contributed by atoms with van der Waals surface area (Å²) in [6, 6.07) is 25.3. The number of anilines is 1. The van der Waals surface area contributed by atoms with Gasteiger partial charge in [0, 0.05) is 22.7 Å². The molecule has 0 saturated carbocycles. The number of hydrogen-bond donors (Lipinski definition) is 1. The van der Waals surface area contributed by atoms with E-state index in [2.05, 4.69) is 42.9 Å². The van der Waals surface area contributed by atoms with Crippen molar-refractivity contribution in [3.8, 4) is 5.75 Å². The van der Waals surface area contributed by atoms with Gasteiger partial charge in [-0.1, -0.05) is 69.3 Å². The molecule has 0 atom stereocenters. The molecule has 0 radical (unpaired) electrons. The first-order valence-electron chi connectivity index (χ1n) is 12.0. The van der Waals surface area contributed by atoms with Gasteiger partial charge in [-0.2, -0.15) is 0 Å². The van der Waals surface area contributed by atoms with Gasteiger partial charge in [0.1, 0.15) is 17.9 Å². The number of hydrogen-bond acceptors (Lipinski definition) is 3. The first kappa shape index (κ1) is 23.4. The number of amides is 2. The van der Waals surface area contributed by atoms with Gasteiger partial charge in [0.2, 0.25) is 0 Å². The van der Waals surface area contributed by atoms with Gasteiger partial charge in [-0.05, 0) is 47.4 Å². The van der Waals surface area contributed by atoms with Gasteiger partial charge in [-0.15, -0.1) is 0 Å². The molecule has 1 aliphatic rings. The van der Waals surface area contributed by atoms with Crippen molar-refractivity contribution in [3.63, 3.8) is 0 Å². The fourth-order valence-corrected chi connectivity index (χ4v) is 4.36. The number of fused-ring (bicyclic) bond motifs is 1. The molecule has 6 nitrogen and oxygen atoms in total. The highest BCUT2D eigenvalue weighted by Crippen LogP contribution is 2.27. The highest BCUT2D eigenvalue weighted by Gasteiger charge is 2.34. The summed E-state index contributed by atoms with van der Waals surface area (Å²) in [5.74, 6) is 0.0452. The van der Waals surface area contributed by atoms with E-state index >= 15 is 0 Å². The molecule has 6 heteroatoms. The molecule has 1 aromatic heterocycles. The quantitative estimate of drug-likeness (QED) is 0.294. The number of nitrogens with zero attached hydrogens (tertiary/aromatic N) is 2. The molecule has 1 fully saturated rings. The third-order valence-electron chi connectivity index (χ3n) is 6.35. The van der Waals surface area contributed by atoms with Crippen LogP contribution in [0.4, 0.5) is 5.69 Å². The second-order valence-corrected chi connectivity index (χ2v) is 9.89. The molecular weight excluding hydrogens is 450 g/mol. The summed E-state index contributed by atoms with van der Waals surface area (Å²) in [5, 5.41) is 2.25. The summed E-state index contributed by atoms with van der Waals surface area (Å²) in [5.41, 5.74) is 6.58. The number of benzene rings is 3. The lowest BCUT2D eigenvalue weighted by Gasteiger charge is -2.19. The van der Waals surface area contributed by atoms with Crippen molar-refractivity contribution < 1.29 is 14.3 Å². The van der Waals surface area contributed by atoms with Crippen LogP contribution in [0.5, 0.6) is 5.75 Å². The van der Waals surface area contributed by atoms with Crippen molar-refractivity contribution in [3.05, 3.63) is 102 Å². The fourth-order valence-electron chi connectivity index (χ4n) is 4.36. The minimum Gasteiger partial charge on any atom is -0.492 e. The molecule has 0 spiro atoms. The molecule has 2 amide bonds. The van der Waals surface area contributed by atoms with Crippen LogP contribution in [-0.2, 0) is 21.5 Å². The summed E-state index contributed by atoms with van der Waals surface area (Å²) >= 11 is 0. The normalized spacial score (nSPS) is 15.1. The predicted molar refractivity (Wildman–Crippen MR) is 143 cm³/mol. The fraction of sp³-hybridized carbons (Fsp3) is 0.200. The maximum absolute atomic E-state index is 13.0. The average molecular weight is 480 g/mol. The minimum absolute atomic E-state index is 0.100. The Kier molecular flexibility index (Phi) is 6.10. The Bertz CT molecular complexity index is 1440. The molecule has 3 aromatic carbocycles. The second-order valence-electron chi connectivity index (χ2n) is 9.89. The molecule has 1 saturated heterocycles. The van der Waals surface area contributed by atoms with E-state index in [1.54, 1.807) is 18.2 Å². The molecule has 1 N–H and O–H groups in total. The van der Waals surface area contributed by atoms with Crippen molar-refractivity contribution in [2.45, 2.75) is 32.7 Å². The van der Waals surface area contributed by atoms with Crippen LogP contribution in [0.1, 0.15) is 31.9 Å². The highest BCUT2D eigenvalue weighted by molar-refractivity contribution is 6.32. The number of hydrazine groups is 1. The van der Waals surface area contributed by atoms with Crippen LogP contribution in [0.15, 0.2) is 90.6 Å². The lowest BCUT2D eigenvalue weighted by molar-refractivity contribution is -0.117. The van der Waals surface area contributed by atoms with Crippen molar-refractivity contribution in [1.82, 2.24) is 9.99 Å². The first-order valence-corrected chi connectivity index (χ1v) is 12.0. The number of ether oxygens (including phenoxy) is 1. The Labute approximate surface area is 210 Å². The number of aromatic nitrogens is 1. The Morgan fingerprint density at radius 3 is 2.31 bits per heavy atom. The zero-order chi connectivity index (χ0) is 25.3. The smallest absolute Gasteiger partial charge is 0.282 e. The van der Waals surface area contributed by atoms with Crippen LogP contribution < -0.4 is 15.2 Å².